The van der Waals surface area contributed by atoms with Gasteiger partial charge in [-0.3, -0.25) is 4.79 Å². The summed E-state index contributed by atoms with van der Waals surface area (Å²) in [6.07, 6.45) is 1.06. The molecule has 0 atom stereocenters. The zero-order valence-corrected chi connectivity index (χ0v) is 19.1. The van der Waals surface area contributed by atoms with Crippen molar-refractivity contribution in [1.29, 1.82) is 0 Å². The number of nitrogens with one attached hydrogen (secondary N) is 2. The second-order valence-electron chi connectivity index (χ2n) is 6.34. The van der Waals surface area contributed by atoms with Crippen molar-refractivity contribution >= 4 is 60.3 Å². The van der Waals surface area contributed by atoms with Crippen LogP contribution in [0.4, 0.5) is 11.6 Å². The molecule has 0 bridgehead atoms. The normalized spacial score (nSPS) is 12.0. The van der Waals surface area contributed by atoms with Gasteiger partial charge in [-0.1, -0.05) is 22.8 Å². The monoisotopic (exact) mass is 489 g/mol. The number of halogens is 1. The summed E-state index contributed by atoms with van der Waals surface area (Å²) in [7, 11) is -7.70. The third kappa shape index (κ3) is 4.51. The number of aryl methyl sites for hydroxylation is 2. The van der Waals surface area contributed by atoms with Crippen LogP contribution in [0.2, 0.25) is 5.02 Å². The number of carbonyl (C=O) groups excluding carboxylic acids is 1. The van der Waals surface area contributed by atoms with Crippen molar-refractivity contribution in [3.05, 3.63) is 50.8 Å². The van der Waals surface area contributed by atoms with E-state index < -0.39 is 25.8 Å². The largest absolute Gasteiger partial charge is 0.336 e. The first kappa shape index (κ1) is 22.3. The molecule has 3 rings (SSSR count). The maximum absolute atomic E-state index is 12.7. The van der Waals surface area contributed by atoms with Crippen LogP contribution in [0.25, 0.3) is 0 Å². The SMILES string of the molecule is Cc1ccc(NC(=O)c2sccc2S(=O)(=O)Nc2onc(C)c2Cl)cc1S(C)(=O)=O. The standard InChI is InChI=1S/C17H16ClN3O6S3/c1-9-4-5-11(8-13(9)29(3,23)24)19-16(22)15-12(6-7-28-15)30(25,26)21-17-14(18)10(2)20-27-17/h4-8,21H,1-3H3,(H,19,22). The zero-order valence-electron chi connectivity index (χ0n) is 15.9. The Morgan fingerprint density at radius 1 is 1.13 bits per heavy atom. The lowest BCUT2D eigenvalue weighted by atomic mass is 10.2. The van der Waals surface area contributed by atoms with Crippen LogP contribution in [0.3, 0.4) is 0 Å². The number of hydrogen-bond donors (Lipinski definition) is 2. The van der Waals surface area contributed by atoms with Gasteiger partial charge in [0.1, 0.15) is 20.5 Å². The van der Waals surface area contributed by atoms with Crippen molar-refractivity contribution in [3.8, 4) is 0 Å². The number of anilines is 2. The molecule has 0 aliphatic carbocycles. The lowest BCUT2D eigenvalue weighted by molar-refractivity contribution is 0.102. The third-order valence-corrected chi connectivity index (χ3v) is 8.09. The van der Waals surface area contributed by atoms with Crippen LogP contribution in [0.5, 0.6) is 0 Å². The Bertz CT molecular complexity index is 1340. The van der Waals surface area contributed by atoms with Gasteiger partial charge >= 0.3 is 0 Å². The molecule has 3 aromatic rings. The smallest absolute Gasteiger partial charge is 0.267 e. The average molecular weight is 490 g/mol. The van der Waals surface area contributed by atoms with E-state index in [0.717, 1.165) is 17.6 Å². The van der Waals surface area contributed by atoms with Crippen LogP contribution in [0, 0.1) is 13.8 Å². The van der Waals surface area contributed by atoms with Gasteiger partial charge in [-0.05, 0) is 43.0 Å². The van der Waals surface area contributed by atoms with E-state index in [1.807, 2.05) is 0 Å². The fourth-order valence-electron chi connectivity index (χ4n) is 2.54. The Morgan fingerprint density at radius 3 is 2.43 bits per heavy atom. The van der Waals surface area contributed by atoms with Gasteiger partial charge in [0, 0.05) is 11.9 Å². The molecule has 2 aromatic heterocycles. The topological polar surface area (TPSA) is 135 Å². The number of carbonyl (C=O) groups is 1. The second kappa shape index (κ2) is 8.02. The van der Waals surface area contributed by atoms with Crippen molar-refractivity contribution in [1.82, 2.24) is 5.16 Å². The molecule has 0 unspecified atom stereocenters. The number of nitrogens with zero attached hydrogens (tertiary/aromatic N) is 1. The summed E-state index contributed by atoms with van der Waals surface area (Å²) in [5.74, 6) is -0.975. The van der Waals surface area contributed by atoms with Crippen molar-refractivity contribution in [3.63, 3.8) is 0 Å². The molecule has 2 heterocycles. The highest BCUT2D eigenvalue weighted by molar-refractivity contribution is 7.93. The van der Waals surface area contributed by atoms with Crippen LogP contribution in [-0.4, -0.2) is 34.2 Å². The molecule has 0 saturated carbocycles. The van der Waals surface area contributed by atoms with E-state index in [9.17, 15) is 21.6 Å². The van der Waals surface area contributed by atoms with Crippen molar-refractivity contribution in [2.75, 3.05) is 16.3 Å². The van der Waals surface area contributed by atoms with E-state index in [1.165, 1.54) is 23.6 Å². The maximum Gasteiger partial charge on any atom is 0.267 e. The Labute approximate surface area is 182 Å². The number of thiophene rings is 1. The molecule has 2 N–H and O–H groups in total. The molecule has 0 fully saturated rings. The molecule has 0 spiro atoms. The molecule has 1 aromatic carbocycles. The Hall–Kier alpha value is -2.41. The Balaban J connectivity index is 1.90. The number of rotatable bonds is 6. The fourth-order valence-corrected chi connectivity index (χ4v) is 6.02. The average Bonchev–Trinajstić information content (AvgIpc) is 3.26. The van der Waals surface area contributed by atoms with E-state index in [-0.39, 0.29) is 31.3 Å². The van der Waals surface area contributed by atoms with Gasteiger partial charge in [0.2, 0.25) is 0 Å². The first-order valence-electron chi connectivity index (χ1n) is 8.24. The summed E-state index contributed by atoms with van der Waals surface area (Å²) >= 11 is 6.85. The summed E-state index contributed by atoms with van der Waals surface area (Å²) in [6, 6.07) is 5.66. The minimum Gasteiger partial charge on any atom is -0.336 e. The van der Waals surface area contributed by atoms with E-state index in [1.54, 1.807) is 19.9 Å². The number of sulfonamides is 1. The number of amides is 1. The second-order valence-corrected chi connectivity index (χ2v) is 11.3. The minimum absolute atomic E-state index is 0.00719. The van der Waals surface area contributed by atoms with Crippen LogP contribution in [0.15, 0.2) is 44.0 Å². The minimum atomic E-state index is -4.20. The van der Waals surface area contributed by atoms with E-state index in [0.29, 0.717) is 11.3 Å². The summed E-state index contributed by atoms with van der Waals surface area (Å²) < 4.78 is 56.2. The highest BCUT2D eigenvalue weighted by atomic mass is 35.5. The number of sulfone groups is 1. The highest BCUT2D eigenvalue weighted by Crippen LogP contribution is 2.30. The lowest BCUT2D eigenvalue weighted by Gasteiger charge is -2.10. The third-order valence-electron chi connectivity index (χ3n) is 3.99. The number of aromatic nitrogens is 1. The van der Waals surface area contributed by atoms with Gasteiger partial charge in [-0.2, -0.15) is 0 Å². The van der Waals surface area contributed by atoms with Gasteiger partial charge in [0.25, 0.3) is 21.8 Å². The van der Waals surface area contributed by atoms with E-state index in [2.05, 4.69) is 15.2 Å². The molecular formula is C17H16ClN3O6S3. The molecule has 30 heavy (non-hydrogen) atoms. The van der Waals surface area contributed by atoms with E-state index in [4.69, 9.17) is 16.1 Å². The molecule has 160 valence electrons. The van der Waals surface area contributed by atoms with Crippen molar-refractivity contribution in [2.45, 2.75) is 23.6 Å². The number of benzene rings is 1. The van der Waals surface area contributed by atoms with E-state index >= 15 is 0 Å². The quantitative estimate of drug-likeness (QED) is 0.541. The summed E-state index contributed by atoms with van der Waals surface area (Å²) in [5, 5.41) is 7.54. The molecule has 0 aliphatic heterocycles. The maximum atomic E-state index is 12.7. The van der Waals surface area contributed by atoms with Gasteiger partial charge in [0.15, 0.2) is 9.84 Å². The van der Waals surface area contributed by atoms with Crippen LogP contribution in [0.1, 0.15) is 20.9 Å². The fraction of sp³-hybridized carbons (Fsp3) is 0.176. The van der Waals surface area contributed by atoms with Crippen LogP contribution in [-0.2, 0) is 19.9 Å². The first-order chi connectivity index (χ1) is 13.9. The molecule has 0 saturated heterocycles. The molecule has 0 aliphatic rings. The van der Waals surface area contributed by atoms with Crippen LogP contribution >= 0.6 is 22.9 Å². The van der Waals surface area contributed by atoms with Gasteiger partial charge in [-0.25, -0.2) is 21.6 Å². The number of hydrogen-bond acceptors (Lipinski definition) is 8. The first-order valence-corrected chi connectivity index (χ1v) is 12.9. The lowest BCUT2D eigenvalue weighted by Crippen LogP contribution is -2.18. The van der Waals surface area contributed by atoms with Gasteiger partial charge < -0.3 is 9.84 Å². The molecule has 9 nitrogen and oxygen atoms in total. The zero-order chi connectivity index (χ0) is 22.3. The molecular weight excluding hydrogens is 474 g/mol. The Morgan fingerprint density at radius 2 is 1.83 bits per heavy atom. The predicted octanol–water partition coefficient (Wildman–Crippen LogP) is 3.46. The summed E-state index contributed by atoms with van der Waals surface area (Å²) in [5.41, 5.74) is 1.04. The molecule has 0 radical (unpaired) electrons. The highest BCUT2D eigenvalue weighted by Gasteiger charge is 2.27. The Kier molecular flexibility index (Phi) is 5.96. The molecule has 13 heteroatoms. The van der Waals surface area contributed by atoms with Crippen LogP contribution < -0.4 is 10.0 Å². The summed E-state index contributed by atoms with van der Waals surface area (Å²) in [4.78, 5) is 12.4. The van der Waals surface area contributed by atoms with Crippen molar-refractivity contribution in [2.24, 2.45) is 0 Å². The summed E-state index contributed by atoms with van der Waals surface area (Å²) in [6.45, 7) is 3.17. The van der Waals surface area contributed by atoms with Gasteiger partial charge in [0.05, 0.1) is 4.90 Å². The predicted molar refractivity (Wildman–Crippen MR) is 114 cm³/mol. The molecule has 1 amide bonds. The van der Waals surface area contributed by atoms with Gasteiger partial charge in [-0.15, -0.1) is 11.3 Å². The van der Waals surface area contributed by atoms with Crippen molar-refractivity contribution < 1.29 is 26.2 Å².